The molecule has 0 aromatic heterocycles. The van der Waals surface area contributed by atoms with Crippen molar-refractivity contribution in [2.45, 2.75) is 45.3 Å². The Morgan fingerprint density at radius 3 is 1.32 bits per heavy atom. The quantitative estimate of drug-likeness (QED) is 0.291. The molecule has 2 N–H and O–H groups in total. The molecule has 200 valence electrons. The molecule has 0 saturated heterocycles. The van der Waals surface area contributed by atoms with E-state index >= 15 is 0 Å². The SMILES string of the molecule is C=C(C)C(=O)OCC(O)COc1ccc(C(C)(C)c2ccc(OC[C@@H](O)COC(=O)C(=C)C)cc2)cc1. The third kappa shape index (κ3) is 9.40. The van der Waals surface area contributed by atoms with E-state index in [0.29, 0.717) is 11.5 Å². The molecule has 8 nitrogen and oxygen atoms in total. The number of carbonyl (C=O) groups excluding carboxylic acids is 2. The number of hydrogen-bond donors (Lipinski definition) is 2. The van der Waals surface area contributed by atoms with Gasteiger partial charge in [0.1, 0.15) is 50.1 Å². The van der Waals surface area contributed by atoms with E-state index < -0.39 is 24.1 Å². The third-order valence-electron chi connectivity index (χ3n) is 5.55. The predicted octanol–water partition coefficient (Wildman–Crippen LogP) is 3.73. The van der Waals surface area contributed by atoms with Crippen LogP contribution in [0.25, 0.3) is 0 Å². The lowest BCUT2D eigenvalue weighted by molar-refractivity contribution is -0.143. The summed E-state index contributed by atoms with van der Waals surface area (Å²) in [5, 5.41) is 19.9. The van der Waals surface area contributed by atoms with E-state index in [1.807, 2.05) is 48.5 Å². The summed E-state index contributed by atoms with van der Waals surface area (Å²) in [5.74, 6) is 0.0657. The number of hydrogen-bond acceptors (Lipinski definition) is 8. The van der Waals surface area contributed by atoms with Crippen molar-refractivity contribution in [1.29, 1.82) is 0 Å². The van der Waals surface area contributed by atoms with Crippen LogP contribution >= 0.6 is 0 Å². The molecule has 0 amide bonds. The first-order chi connectivity index (χ1) is 17.4. The molecule has 8 heteroatoms. The normalized spacial score (nSPS) is 12.7. The van der Waals surface area contributed by atoms with Crippen LogP contribution in [0.2, 0.25) is 0 Å². The standard InChI is InChI=1S/C29H36O8/c1-19(2)27(32)36-17-23(30)15-34-25-11-7-21(8-12-25)29(5,6)22-9-13-26(14-10-22)35-16-24(31)18-37-28(33)20(3)4/h7-14,23-24,30-31H,1,3,15-18H2,2,4-6H3/t23-,24?/m1/s1. The second kappa shape index (κ2) is 13.6. The van der Waals surface area contributed by atoms with E-state index in [4.69, 9.17) is 18.9 Å². The first kappa shape index (κ1) is 29.6. The monoisotopic (exact) mass is 512 g/mol. The van der Waals surface area contributed by atoms with Crippen molar-refractivity contribution in [2.24, 2.45) is 0 Å². The fourth-order valence-corrected chi connectivity index (χ4v) is 3.17. The number of carbonyl (C=O) groups is 2. The van der Waals surface area contributed by atoms with Crippen molar-refractivity contribution in [1.82, 2.24) is 0 Å². The Balaban J connectivity index is 1.88. The minimum absolute atomic E-state index is 0.0152. The molecule has 0 aliphatic rings. The summed E-state index contributed by atoms with van der Waals surface area (Å²) in [6.45, 7) is 13.9. The summed E-state index contributed by atoms with van der Waals surface area (Å²) in [7, 11) is 0. The van der Waals surface area contributed by atoms with Crippen molar-refractivity contribution in [3.05, 3.63) is 84.0 Å². The zero-order chi connectivity index (χ0) is 27.6. The number of aliphatic hydroxyl groups excluding tert-OH is 2. The second-order valence-electron chi connectivity index (χ2n) is 9.36. The number of rotatable bonds is 14. The molecule has 0 aliphatic heterocycles. The van der Waals surface area contributed by atoms with Crippen LogP contribution in [0.15, 0.2) is 72.8 Å². The van der Waals surface area contributed by atoms with Crippen molar-refractivity contribution in [2.75, 3.05) is 26.4 Å². The smallest absolute Gasteiger partial charge is 0.333 e. The predicted molar refractivity (Wildman–Crippen MR) is 140 cm³/mol. The molecular weight excluding hydrogens is 476 g/mol. The summed E-state index contributed by atoms with van der Waals surface area (Å²) in [4.78, 5) is 22.8. The highest BCUT2D eigenvalue weighted by atomic mass is 16.6. The van der Waals surface area contributed by atoms with Gasteiger partial charge in [0, 0.05) is 16.6 Å². The summed E-state index contributed by atoms with van der Waals surface area (Å²) < 4.78 is 21.0. The summed E-state index contributed by atoms with van der Waals surface area (Å²) in [5.41, 5.74) is 2.33. The molecule has 0 spiro atoms. The number of ether oxygens (including phenoxy) is 4. The average molecular weight is 513 g/mol. The highest BCUT2D eigenvalue weighted by Gasteiger charge is 2.23. The van der Waals surface area contributed by atoms with Gasteiger partial charge in [-0.2, -0.15) is 0 Å². The van der Waals surface area contributed by atoms with Crippen LogP contribution in [-0.2, 0) is 24.5 Å². The highest BCUT2D eigenvalue weighted by Crippen LogP contribution is 2.33. The number of esters is 2. The zero-order valence-corrected chi connectivity index (χ0v) is 21.9. The van der Waals surface area contributed by atoms with Gasteiger partial charge in [-0.3, -0.25) is 0 Å². The molecule has 0 bridgehead atoms. The van der Waals surface area contributed by atoms with Crippen LogP contribution in [-0.4, -0.2) is 60.8 Å². The van der Waals surface area contributed by atoms with E-state index in [9.17, 15) is 19.8 Å². The van der Waals surface area contributed by atoms with Crippen molar-refractivity contribution < 1.29 is 38.7 Å². The van der Waals surface area contributed by atoms with Crippen molar-refractivity contribution >= 4 is 11.9 Å². The first-order valence-electron chi connectivity index (χ1n) is 11.9. The maximum absolute atomic E-state index is 11.4. The second-order valence-corrected chi connectivity index (χ2v) is 9.36. The minimum Gasteiger partial charge on any atom is -0.491 e. The van der Waals surface area contributed by atoms with Crippen LogP contribution in [0.4, 0.5) is 0 Å². The molecule has 0 fully saturated rings. The van der Waals surface area contributed by atoms with Crippen LogP contribution in [0.5, 0.6) is 11.5 Å². The Morgan fingerprint density at radius 1 is 0.703 bits per heavy atom. The van der Waals surface area contributed by atoms with Crippen LogP contribution in [0.3, 0.4) is 0 Å². The van der Waals surface area contributed by atoms with Crippen molar-refractivity contribution in [3.63, 3.8) is 0 Å². The molecule has 2 aromatic carbocycles. The Labute approximate surface area is 218 Å². The fourth-order valence-electron chi connectivity index (χ4n) is 3.17. The average Bonchev–Trinajstić information content (AvgIpc) is 2.88. The lowest BCUT2D eigenvalue weighted by Crippen LogP contribution is -2.25. The molecule has 0 aliphatic carbocycles. The summed E-state index contributed by atoms with van der Waals surface area (Å²) in [6.07, 6.45) is -1.90. The molecule has 0 heterocycles. The van der Waals surface area contributed by atoms with Crippen LogP contribution in [0, 0.1) is 0 Å². The number of aliphatic hydroxyl groups is 2. The summed E-state index contributed by atoms with van der Waals surface area (Å²) >= 11 is 0. The van der Waals surface area contributed by atoms with E-state index in [0.717, 1.165) is 11.1 Å². The minimum atomic E-state index is -0.951. The van der Waals surface area contributed by atoms with Crippen LogP contribution < -0.4 is 9.47 Å². The van der Waals surface area contributed by atoms with E-state index in [1.54, 1.807) is 0 Å². The molecule has 0 saturated carbocycles. The van der Waals surface area contributed by atoms with Gasteiger partial charge in [0.2, 0.25) is 0 Å². The molecule has 2 rings (SSSR count). The van der Waals surface area contributed by atoms with Gasteiger partial charge in [0.15, 0.2) is 0 Å². The Hall–Kier alpha value is -3.62. The zero-order valence-electron chi connectivity index (χ0n) is 21.9. The van der Waals surface area contributed by atoms with Gasteiger partial charge in [-0.05, 0) is 49.2 Å². The maximum Gasteiger partial charge on any atom is 0.333 e. The van der Waals surface area contributed by atoms with Gasteiger partial charge in [0.05, 0.1) is 0 Å². The molecular formula is C29H36O8. The van der Waals surface area contributed by atoms with Gasteiger partial charge in [-0.1, -0.05) is 51.3 Å². The Morgan fingerprint density at radius 2 is 1.03 bits per heavy atom. The molecule has 2 aromatic rings. The lowest BCUT2D eigenvalue weighted by atomic mass is 9.78. The topological polar surface area (TPSA) is 112 Å². The molecule has 1 unspecified atom stereocenters. The number of benzene rings is 2. The maximum atomic E-state index is 11.4. The van der Waals surface area contributed by atoms with Gasteiger partial charge >= 0.3 is 11.9 Å². The van der Waals surface area contributed by atoms with Gasteiger partial charge < -0.3 is 29.2 Å². The molecule has 37 heavy (non-hydrogen) atoms. The first-order valence-corrected chi connectivity index (χ1v) is 11.9. The highest BCUT2D eigenvalue weighted by molar-refractivity contribution is 5.87. The van der Waals surface area contributed by atoms with Crippen molar-refractivity contribution in [3.8, 4) is 11.5 Å². The molecule has 0 radical (unpaired) electrons. The van der Waals surface area contributed by atoms with E-state index in [1.165, 1.54) is 13.8 Å². The summed E-state index contributed by atoms with van der Waals surface area (Å²) in [6, 6.07) is 15.1. The Kier molecular flexibility index (Phi) is 10.9. The lowest BCUT2D eigenvalue weighted by Gasteiger charge is -2.26. The Bertz CT molecular complexity index is 985. The third-order valence-corrected chi connectivity index (χ3v) is 5.55. The largest absolute Gasteiger partial charge is 0.491 e. The van der Waals surface area contributed by atoms with Crippen LogP contribution in [0.1, 0.15) is 38.8 Å². The van der Waals surface area contributed by atoms with Gasteiger partial charge in [-0.25, -0.2) is 9.59 Å². The van der Waals surface area contributed by atoms with E-state index in [-0.39, 0.29) is 43.0 Å². The van der Waals surface area contributed by atoms with E-state index in [2.05, 4.69) is 27.0 Å². The molecule has 2 atom stereocenters. The van der Waals surface area contributed by atoms with Gasteiger partial charge in [-0.15, -0.1) is 0 Å². The van der Waals surface area contributed by atoms with Gasteiger partial charge in [0.25, 0.3) is 0 Å². The fraction of sp³-hybridized carbons (Fsp3) is 0.379.